The molecule has 0 amide bonds. The Morgan fingerprint density at radius 2 is 1.67 bits per heavy atom. The fourth-order valence-electron chi connectivity index (χ4n) is 2.61. The highest BCUT2D eigenvalue weighted by atomic mass is 16.5. The predicted molar refractivity (Wildman–Crippen MR) is 74.1 cm³/mol. The zero-order valence-corrected chi connectivity index (χ0v) is 11.4. The highest BCUT2D eigenvalue weighted by Crippen LogP contribution is 2.39. The van der Waals surface area contributed by atoms with Crippen LogP contribution in [-0.2, 0) is 0 Å². The van der Waals surface area contributed by atoms with Crippen LogP contribution in [0.4, 0.5) is 0 Å². The first kappa shape index (κ1) is 12.9. The van der Waals surface area contributed by atoms with E-state index in [1.807, 2.05) is 18.2 Å². The van der Waals surface area contributed by atoms with Crippen LogP contribution in [0.15, 0.2) is 23.8 Å². The van der Waals surface area contributed by atoms with Gasteiger partial charge in [-0.3, -0.25) is 4.79 Å². The Balaban J connectivity index is 2.51. The van der Waals surface area contributed by atoms with Crippen LogP contribution in [0.1, 0.15) is 55.5 Å². The van der Waals surface area contributed by atoms with E-state index in [1.165, 1.54) is 5.57 Å². The Hall–Kier alpha value is -1.57. The molecule has 0 aliphatic heterocycles. The Bertz CT molecular complexity index is 498. The maximum atomic E-state index is 12.4. The van der Waals surface area contributed by atoms with E-state index in [-0.39, 0.29) is 5.78 Å². The summed E-state index contributed by atoms with van der Waals surface area (Å²) in [6, 6.07) is 5.77. The zero-order valence-electron chi connectivity index (χ0n) is 11.4. The highest BCUT2D eigenvalue weighted by molar-refractivity contribution is 6.20. The molecule has 0 unspecified atom stereocenters. The third-order valence-corrected chi connectivity index (χ3v) is 3.43. The summed E-state index contributed by atoms with van der Waals surface area (Å²) in [5.74, 6) is 1.05. The van der Waals surface area contributed by atoms with Crippen molar-refractivity contribution in [2.24, 2.45) is 0 Å². The summed E-state index contributed by atoms with van der Waals surface area (Å²) in [4.78, 5) is 12.4. The van der Waals surface area contributed by atoms with Gasteiger partial charge in [0, 0.05) is 11.1 Å². The van der Waals surface area contributed by atoms with E-state index >= 15 is 0 Å². The molecule has 0 saturated carbocycles. The quantitative estimate of drug-likeness (QED) is 0.774. The summed E-state index contributed by atoms with van der Waals surface area (Å²) < 4.78 is 5.26. The van der Waals surface area contributed by atoms with E-state index in [9.17, 15) is 4.79 Å². The van der Waals surface area contributed by atoms with Crippen molar-refractivity contribution in [1.82, 2.24) is 0 Å². The van der Waals surface area contributed by atoms with Gasteiger partial charge in [-0.25, -0.2) is 0 Å². The molecule has 0 heterocycles. The zero-order chi connectivity index (χ0) is 13.1. The van der Waals surface area contributed by atoms with E-state index in [4.69, 9.17) is 4.74 Å². The molecule has 0 N–H and O–H groups in total. The minimum absolute atomic E-state index is 0.220. The number of ketones is 1. The van der Waals surface area contributed by atoms with Crippen molar-refractivity contribution in [2.75, 3.05) is 7.11 Å². The number of rotatable bonds is 5. The van der Waals surface area contributed by atoms with Crippen molar-refractivity contribution >= 4 is 11.4 Å². The Morgan fingerprint density at radius 1 is 1.00 bits per heavy atom. The fraction of sp³-hybridized carbons (Fsp3) is 0.438. The van der Waals surface area contributed by atoms with Gasteiger partial charge in [0.15, 0.2) is 5.78 Å². The lowest BCUT2D eigenvalue weighted by Crippen LogP contribution is -1.98. The lowest BCUT2D eigenvalue weighted by Gasteiger charge is -2.07. The van der Waals surface area contributed by atoms with Crippen molar-refractivity contribution in [2.45, 2.75) is 39.5 Å². The first-order valence-electron chi connectivity index (χ1n) is 6.68. The molecule has 1 aromatic carbocycles. The van der Waals surface area contributed by atoms with Crippen molar-refractivity contribution in [3.8, 4) is 5.75 Å². The van der Waals surface area contributed by atoms with Gasteiger partial charge in [0.2, 0.25) is 0 Å². The van der Waals surface area contributed by atoms with Crippen LogP contribution in [0.5, 0.6) is 5.75 Å². The SMILES string of the molecule is CCCC1=C(CCC)c2cc(OC)ccc2C1=O. The van der Waals surface area contributed by atoms with E-state index in [2.05, 4.69) is 13.8 Å². The summed E-state index contributed by atoms with van der Waals surface area (Å²) in [5, 5.41) is 0. The van der Waals surface area contributed by atoms with Crippen molar-refractivity contribution in [3.63, 3.8) is 0 Å². The Kier molecular flexibility index (Phi) is 3.85. The van der Waals surface area contributed by atoms with Gasteiger partial charge in [-0.15, -0.1) is 0 Å². The fourth-order valence-corrected chi connectivity index (χ4v) is 2.61. The maximum absolute atomic E-state index is 12.4. The monoisotopic (exact) mass is 244 g/mol. The van der Waals surface area contributed by atoms with Crippen molar-refractivity contribution < 1.29 is 9.53 Å². The number of allylic oxidation sites excluding steroid dienone is 2. The number of hydrogen-bond donors (Lipinski definition) is 0. The van der Waals surface area contributed by atoms with E-state index < -0.39 is 0 Å². The molecule has 0 aromatic heterocycles. The van der Waals surface area contributed by atoms with Crippen LogP contribution >= 0.6 is 0 Å². The Labute approximate surface area is 109 Å². The smallest absolute Gasteiger partial charge is 0.189 e. The average molecular weight is 244 g/mol. The summed E-state index contributed by atoms with van der Waals surface area (Å²) in [6.07, 6.45) is 3.93. The largest absolute Gasteiger partial charge is 0.497 e. The van der Waals surface area contributed by atoms with Gasteiger partial charge in [-0.2, -0.15) is 0 Å². The van der Waals surface area contributed by atoms with Gasteiger partial charge >= 0.3 is 0 Å². The van der Waals surface area contributed by atoms with Crippen LogP contribution in [0.2, 0.25) is 0 Å². The van der Waals surface area contributed by atoms with Gasteiger partial charge in [-0.1, -0.05) is 26.7 Å². The number of methoxy groups -OCH3 is 1. The molecule has 2 rings (SSSR count). The molecule has 0 atom stereocenters. The molecule has 0 radical (unpaired) electrons. The second-order valence-corrected chi connectivity index (χ2v) is 4.70. The van der Waals surface area contributed by atoms with Crippen molar-refractivity contribution in [1.29, 1.82) is 0 Å². The minimum atomic E-state index is 0.220. The molecule has 0 spiro atoms. The second-order valence-electron chi connectivity index (χ2n) is 4.70. The van der Waals surface area contributed by atoms with E-state index in [1.54, 1.807) is 7.11 Å². The molecule has 0 saturated heterocycles. The summed E-state index contributed by atoms with van der Waals surface area (Å²) in [5.41, 5.74) is 4.19. The molecule has 18 heavy (non-hydrogen) atoms. The molecule has 1 aliphatic rings. The van der Waals surface area contributed by atoms with Crippen LogP contribution in [0.25, 0.3) is 5.57 Å². The van der Waals surface area contributed by atoms with Gasteiger partial charge < -0.3 is 4.74 Å². The molecular formula is C16H20O2. The van der Waals surface area contributed by atoms with Crippen LogP contribution < -0.4 is 4.74 Å². The number of carbonyl (C=O) groups excluding carboxylic acids is 1. The molecule has 2 nitrogen and oxygen atoms in total. The van der Waals surface area contributed by atoms with Crippen LogP contribution in [0.3, 0.4) is 0 Å². The number of benzene rings is 1. The van der Waals surface area contributed by atoms with Gasteiger partial charge in [-0.05, 0) is 42.2 Å². The van der Waals surface area contributed by atoms with Crippen LogP contribution in [0, 0.1) is 0 Å². The third kappa shape index (κ3) is 2.07. The standard InChI is InChI=1S/C16H20O2/c1-4-6-12-13(7-5-2)16(17)14-9-8-11(18-3)10-15(12)14/h8-10H,4-7H2,1-3H3. The Morgan fingerprint density at radius 3 is 2.28 bits per heavy atom. The number of hydrogen-bond acceptors (Lipinski definition) is 2. The van der Waals surface area contributed by atoms with Crippen molar-refractivity contribution in [3.05, 3.63) is 34.9 Å². The molecule has 1 aromatic rings. The highest BCUT2D eigenvalue weighted by Gasteiger charge is 2.28. The number of Topliss-reactive ketones (excluding diaryl/α,β-unsaturated/α-hetero) is 1. The molecule has 1 aliphatic carbocycles. The molecule has 0 bridgehead atoms. The first-order valence-corrected chi connectivity index (χ1v) is 6.68. The first-order chi connectivity index (χ1) is 8.72. The normalized spacial score (nSPS) is 14.1. The van der Waals surface area contributed by atoms with Crippen LogP contribution in [-0.4, -0.2) is 12.9 Å². The second kappa shape index (κ2) is 5.38. The lowest BCUT2D eigenvalue weighted by molar-refractivity contribution is 0.103. The molecule has 0 fully saturated rings. The number of ether oxygens (including phenoxy) is 1. The number of carbonyl (C=O) groups is 1. The summed E-state index contributed by atoms with van der Waals surface area (Å²) in [6.45, 7) is 4.27. The number of fused-ring (bicyclic) bond motifs is 1. The van der Waals surface area contributed by atoms with E-state index in [0.29, 0.717) is 0 Å². The molecule has 96 valence electrons. The van der Waals surface area contributed by atoms with Gasteiger partial charge in [0.05, 0.1) is 7.11 Å². The third-order valence-electron chi connectivity index (χ3n) is 3.43. The summed E-state index contributed by atoms with van der Waals surface area (Å²) in [7, 11) is 1.66. The minimum Gasteiger partial charge on any atom is -0.497 e. The predicted octanol–water partition coefficient (Wildman–Crippen LogP) is 4.25. The topological polar surface area (TPSA) is 26.3 Å². The molecule has 2 heteroatoms. The van der Waals surface area contributed by atoms with E-state index in [0.717, 1.165) is 48.1 Å². The van der Waals surface area contributed by atoms with Gasteiger partial charge in [0.1, 0.15) is 5.75 Å². The molecular weight excluding hydrogens is 224 g/mol. The lowest BCUT2D eigenvalue weighted by atomic mass is 9.99. The average Bonchev–Trinajstić information content (AvgIpc) is 2.65. The maximum Gasteiger partial charge on any atom is 0.189 e. The van der Waals surface area contributed by atoms with Gasteiger partial charge in [0.25, 0.3) is 0 Å². The summed E-state index contributed by atoms with van der Waals surface area (Å²) >= 11 is 0.